The SMILES string of the molecule is O=C(Nc1ccc2c(c1)C(=O)N1CCCC[C@@H]1CCO2)c1ccco1. The minimum atomic E-state index is -0.347. The molecule has 1 aromatic carbocycles. The number of hydrogen-bond acceptors (Lipinski definition) is 4. The lowest BCUT2D eigenvalue weighted by atomic mass is 9.97. The van der Waals surface area contributed by atoms with Crippen LogP contribution >= 0.6 is 0 Å². The molecule has 0 radical (unpaired) electrons. The highest BCUT2D eigenvalue weighted by atomic mass is 16.5. The second kappa shape index (κ2) is 6.63. The highest BCUT2D eigenvalue weighted by molar-refractivity contribution is 6.04. The number of hydrogen-bond donors (Lipinski definition) is 1. The largest absolute Gasteiger partial charge is 0.493 e. The van der Waals surface area contributed by atoms with E-state index in [0.29, 0.717) is 23.6 Å². The second-order valence-electron chi connectivity index (χ2n) is 6.43. The van der Waals surface area contributed by atoms with E-state index in [1.807, 2.05) is 4.90 Å². The number of carbonyl (C=O) groups excluding carboxylic acids is 2. The van der Waals surface area contributed by atoms with E-state index in [4.69, 9.17) is 9.15 Å². The predicted molar refractivity (Wildman–Crippen MR) is 91.9 cm³/mol. The molecule has 6 heteroatoms. The summed E-state index contributed by atoms with van der Waals surface area (Å²) in [6.45, 7) is 1.38. The summed E-state index contributed by atoms with van der Waals surface area (Å²) in [5.41, 5.74) is 1.05. The second-order valence-corrected chi connectivity index (χ2v) is 6.43. The number of benzene rings is 1. The molecule has 4 rings (SSSR count). The molecule has 0 saturated carbocycles. The first kappa shape index (κ1) is 15.7. The van der Waals surface area contributed by atoms with Crippen molar-refractivity contribution in [2.75, 3.05) is 18.5 Å². The van der Waals surface area contributed by atoms with Gasteiger partial charge in [0.15, 0.2) is 5.76 Å². The fraction of sp³-hybridized carbons (Fsp3) is 0.368. The fourth-order valence-electron chi connectivity index (χ4n) is 3.53. The molecule has 1 saturated heterocycles. The molecule has 2 aromatic rings. The Morgan fingerprint density at radius 2 is 2.12 bits per heavy atom. The summed E-state index contributed by atoms with van der Waals surface area (Å²) >= 11 is 0. The first-order chi connectivity index (χ1) is 12.2. The summed E-state index contributed by atoms with van der Waals surface area (Å²) < 4.78 is 10.9. The van der Waals surface area contributed by atoms with Crippen molar-refractivity contribution in [1.29, 1.82) is 0 Å². The quantitative estimate of drug-likeness (QED) is 0.910. The van der Waals surface area contributed by atoms with Crippen LogP contribution in [0.2, 0.25) is 0 Å². The summed E-state index contributed by atoms with van der Waals surface area (Å²) in [5.74, 6) is 0.434. The molecule has 1 atom stereocenters. The third-order valence-corrected chi connectivity index (χ3v) is 4.81. The number of fused-ring (bicyclic) bond motifs is 2. The Kier molecular flexibility index (Phi) is 4.17. The molecule has 1 N–H and O–H groups in total. The number of nitrogens with zero attached hydrogens (tertiary/aromatic N) is 1. The first-order valence-electron chi connectivity index (χ1n) is 8.65. The van der Waals surface area contributed by atoms with Gasteiger partial charge >= 0.3 is 0 Å². The van der Waals surface area contributed by atoms with Crippen LogP contribution in [0, 0.1) is 0 Å². The van der Waals surface area contributed by atoms with Crippen molar-refractivity contribution in [2.24, 2.45) is 0 Å². The zero-order chi connectivity index (χ0) is 17.2. The molecular weight excluding hydrogens is 320 g/mol. The molecule has 1 aromatic heterocycles. The van der Waals surface area contributed by atoms with Gasteiger partial charge in [-0.15, -0.1) is 0 Å². The number of piperidine rings is 1. The summed E-state index contributed by atoms with van der Waals surface area (Å²) in [7, 11) is 0. The van der Waals surface area contributed by atoms with Crippen LogP contribution in [0.3, 0.4) is 0 Å². The predicted octanol–water partition coefficient (Wildman–Crippen LogP) is 3.31. The molecule has 6 nitrogen and oxygen atoms in total. The van der Waals surface area contributed by atoms with Crippen LogP contribution in [0.4, 0.5) is 5.69 Å². The summed E-state index contributed by atoms with van der Waals surface area (Å²) in [6.07, 6.45) is 5.53. The van der Waals surface area contributed by atoms with Crippen molar-refractivity contribution in [2.45, 2.75) is 31.7 Å². The average Bonchev–Trinajstić information content (AvgIpc) is 3.16. The Hall–Kier alpha value is -2.76. The van der Waals surface area contributed by atoms with Crippen molar-refractivity contribution in [3.63, 3.8) is 0 Å². The molecule has 0 bridgehead atoms. The fourth-order valence-corrected chi connectivity index (χ4v) is 3.53. The third-order valence-electron chi connectivity index (χ3n) is 4.81. The number of amides is 2. The van der Waals surface area contributed by atoms with Gasteiger partial charge in [-0.2, -0.15) is 0 Å². The summed E-state index contributed by atoms with van der Waals surface area (Å²) in [5, 5.41) is 2.76. The Balaban J connectivity index is 1.61. The number of carbonyl (C=O) groups is 2. The van der Waals surface area contributed by atoms with Crippen molar-refractivity contribution in [1.82, 2.24) is 4.90 Å². The highest BCUT2D eigenvalue weighted by Gasteiger charge is 2.31. The third kappa shape index (κ3) is 3.12. The highest BCUT2D eigenvalue weighted by Crippen LogP contribution is 2.31. The van der Waals surface area contributed by atoms with E-state index in [2.05, 4.69) is 5.32 Å². The maximum absolute atomic E-state index is 13.0. The molecule has 1 fully saturated rings. The lowest BCUT2D eigenvalue weighted by molar-refractivity contribution is 0.0548. The minimum Gasteiger partial charge on any atom is -0.493 e. The molecule has 3 heterocycles. The molecule has 25 heavy (non-hydrogen) atoms. The number of anilines is 1. The van der Waals surface area contributed by atoms with Crippen LogP contribution in [-0.2, 0) is 0 Å². The van der Waals surface area contributed by atoms with Crippen molar-refractivity contribution >= 4 is 17.5 Å². The smallest absolute Gasteiger partial charge is 0.291 e. The van der Waals surface area contributed by atoms with Crippen LogP contribution < -0.4 is 10.1 Å². The van der Waals surface area contributed by atoms with Gasteiger partial charge in [0.1, 0.15) is 5.75 Å². The van der Waals surface area contributed by atoms with Gasteiger partial charge in [-0.05, 0) is 49.6 Å². The Morgan fingerprint density at radius 3 is 2.96 bits per heavy atom. The molecular formula is C19H20N2O4. The molecule has 130 valence electrons. The van der Waals surface area contributed by atoms with Gasteiger partial charge in [-0.1, -0.05) is 0 Å². The van der Waals surface area contributed by atoms with Crippen molar-refractivity contribution in [3.05, 3.63) is 47.9 Å². The van der Waals surface area contributed by atoms with E-state index in [1.165, 1.54) is 6.26 Å². The van der Waals surface area contributed by atoms with Crippen LogP contribution in [0.25, 0.3) is 0 Å². The van der Waals surface area contributed by atoms with E-state index >= 15 is 0 Å². The van der Waals surface area contributed by atoms with Gasteiger partial charge in [-0.25, -0.2) is 0 Å². The normalized spacial score (nSPS) is 19.9. The van der Waals surface area contributed by atoms with Crippen LogP contribution in [0.5, 0.6) is 5.75 Å². The van der Waals surface area contributed by atoms with Gasteiger partial charge in [0, 0.05) is 24.7 Å². The van der Waals surface area contributed by atoms with Crippen molar-refractivity contribution < 1.29 is 18.7 Å². The molecule has 0 spiro atoms. The van der Waals surface area contributed by atoms with Crippen LogP contribution in [-0.4, -0.2) is 35.9 Å². The zero-order valence-corrected chi connectivity index (χ0v) is 13.9. The molecule has 2 amide bonds. The van der Waals surface area contributed by atoms with E-state index < -0.39 is 0 Å². The van der Waals surface area contributed by atoms with Crippen LogP contribution in [0.15, 0.2) is 41.0 Å². The number of ether oxygens (including phenoxy) is 1. The molecule has 2 aliphatic heterocycles. The van der Waals surface area contributed by atoms with Gasteiger partial charge in [-0.3, -0.25) is 9.59 Å². The van der Waals surface area contributed by atoms with E-state index in [9.17, 15) is 9.59 Å². The van der Waals surface area contributed by atoms with Crippen LogP contribution in [0.1, 0.15) is 46.6 Å². The van der Waals surface area contributed by atoms with Gasteiger partial charge in [0.25, 0.3) is 11.8 Å². The van der Waals surface area contributed by atoms with Gasteiger partial charge < -0.3 is 19.4 Å². The lowest BCUT2D eigenvalue weighted by Crippen LogP contribution is -2.45. The Bertz CT molecular complexity index is 785. The van der Waals surface area contributed by atoms with E-state index in [-0.39, 0.29) is 23.6 Å². The zero-order valence-electron chi connectivity index (χ0n) is 13.9. The maximum atomic E-state index is 13.0. The average molecular weight is 340 g/mol. The monoisotopic (exact) mass is 340 g/mol. The van der Waals surface area contributed by atoms with E-state index in [0.717, 1.165) is 32.2 Å². The van der Waals surface area contributed by atoms with E-state index in [1.54, 1.807) is 30.3 Å². The first-order valence-corrected chi connectivity index (χ1v) is 8.65. The van der Waals surface area contributed by atoms with Crippen molar-refractivity contribution in [3.8, 4) is 5.75 Å². The number of rotatable bonds is 2. The number of furan rings is 1. The van der Waals surface area contributed by atoms with Gasteiger partial charge in [0.2, 0.25) is 0 Å². The molecule has 2 aliphatic rings. The summed E-state index contributed by atoms with van der Waals surface area (Å²) in [4.78, 5) is 27.1. The topological polar surface area (TPSA) is 71.8 Å². The minimum absolute atomic E-state index is 0.0199. The standard InChI is InChI=1S/C19H20N2O4/c22-18(17-5-3-10-24-17)20-13-6-7-16-15(12-13)19(23)21-9-2-1-4-14(21)8-11-25-16/h3,5-7,10,12,14H,1-2,4,8-9,11H2,(H,20,22)/t14-/m1/s1. The lowest BCUT2D eigenvalue weighted by Gasteiger charge is -2.37. The molecule has 0 aliphatic carbocycles. The van der Waals surface area contributed by atoms with Gasteiger partial charge in [0.05, 0.1) is 18.4 Å². The molecule has 0 unspecified atom stereocenters. The maximum Gasteiger partial charge on any atom is 0.291 e. The Labute approximate surface area is 145 Å². The summed E-state index contributed by atoms with van der Waals surface area (Å²) in [6, 6.07) is 8.67. The number of nitrogens with one attached hydrogen (secondary N) is 1. The Morgan fingerprint density at radius 1 is 1.20 bits per heavy atom.